The van der Waals surface area contributed by atoms with E-state index in [1.807, 2.05) is 0 Å². The van der Waals surface area contributed by atoms with E-state index >= 15 is 0 Å². The number of fused-ring (bicyclic) bond motifs is 1. The molecular formula is C50H90O7Si. The van der Waals surface area contributed by atoms with Gasteiger partial charge in [0.25, 0.3) is 0 Å². The molecular weight excluding hydrogens is 741 g/mol. The standard InChI is InChI=1S/C50H90O7Si/c1-10-13-16-17-18-19-20-21-22-23-24-26-31-40-36-49(4,5)57-44(40)41(37-50(6,7)58(8,9)51)38-54-48-47(53-35-15-12-3)46(52-34-14-11-2)45-43(56-48)33-32-42(55-45)39-29-27-25-28-30-39/h25,27-30,40-48,51H,10-24,26,31-38H2,1-9H3/t40-,41-,42?,43?,44+,45?,46?,47?,48?/m0/s1. The predicted octanol–water partition coefficient (Wildman–Crippen LogP) is 13.3. The third kappa shape index (κ3) is 15.8. The van der Waals surface area contributed by atoms with Crippen LogP contribution < -0.4 is 0 Å². The zero-order valence-electron chi connectivity index (χ0n) is 39.0. The second-order valence-electron chi connectivity index (χ2n) is 20.2. The van der Waals surface area contributed by atoms with E-state index in [0.717, 1.165) is 51.4 Å². The zero-order valence-corrected chi connectivity index (χ0v) is 40.0. The summed E-state index contributed by atoms with van der Waals surface area (Å²) < 4.78 is 41.5. The van der Waals surface area contributed by atoms with Crippen molar-refractivity contribution >= 4 is 8.32 Å². The SMILES string of the molecule is CCCCCCCCCCCCCC[C@H]1CC(C)(C)O[C@H]1[C@H](COC1OC2CCC(c3ccccc3)OC2C(OCCCC)C1OCCCC)CC(C)(C)[Si](C)(C)O. The Morgan fingerprint density at radius 1 is 0.741 bits per heavy atom. The fourth-order valence-corrected chi connectivity index (χ4v) is 10.4. The van der Waals surface area contributed by atoms with Gasteiger partial charge in [-0.05, 0) is 88.4 Å². The van der Waals surface area contributed by atoms with Crippen LogP contribution in [0.4, 0.5) is 0 Å². The van der Waals surface area contributed by atoms with Crippen molar-refractivity contribution in [1.29, 1.82) is 0 Å². The van der Waals surface area contributed by atoms with Crippen molar-refractivity contribution in [3.63, 3.8) is 0 Å². The Kier molecular flexibility index (Phi) is 21.7. The maximum atomic E-state index is 11.6. The quantitative estimate of drug-likeness (QED) is 0.0636. The van der Waals surface area contributed by atoms with Crippen LogP contribution in [0.2, 0.25) is 18.1 Å². The number of unbranched alkanes of at least 4 members (excludes halogenated alkanes) is 13. The molecule has 3 fully saturated rings. The summed E-state index contributed by atoms with van der Waals surface area (Å²) in [6.07, 6.45) is 23.7. The lowest BCUT2D eigenvalue weighted by molar-refractivity contribution is -0.336. The molecule has 0 spiro atoms. The van der Waals surface area contributed by atoms with Gasteiger partial charge in [-0.25, -0.2) is 0 Å². The normalized spacial score (nSPS) is 28.1. The summed E-state index contributed by atoms with van der Waals surface area (Å²) >= 11 is 0. The highest BCUT2D eigenvalue weighted by atomic mass is 28.4. The number of ether oxygens (including phenoxy) is 6. The fourth-order valence-electron chi connectivity index (χ4n) is 9.64. The highest BCUT2D eigenvalue weighted by molar-refractivity contribution is 6.72. The summed E-state index contributed by atoms with van der Waals surface area (Å²) in [5, 5.41) is -0.220. The van der Waals surface area contributed by atoms with Crippen molar-refractivity contribution < 1.29 is 33.2 Å². The summed E-state index contributed by atoms with van der Waals surface area (Å²) in [5.41, 5.74) is 1.02. The Morgan fingerprint density at radius 3 is 1.90 bits per heavy atom. The Bertz CT molecular complexity index is 1220. The lowest BCUT2D eigenvalue weighted by atomic mass is 9.81. The van der Waals surface area contributed by atoms with Gasteiger partial charge in [0.1, 0.15) is 18.3 Å². The van der Waals surface area contributed by atoms with E-state index in [4.69, 9.17) is 28.4 Å². The lowest BCUT2D eigenvalue weighted by Gasteiger charge is -2.49. The smallest absolute Gasteiger partial charge is 0.188 e. The largest absolute Gasteiger partial charge is 0.432 e. The van der Waals surface area contributed by atoms with Gasteiger partial charge in [-0.3, -0.25) is 0 Å². The molecule has 0 amide bonds. The van der Waals surface area contributed by atoms with Gasteiger partial charge in [-0.15, -0.1) is 0 Å². The van der Waals surface area contributed by atoms with Crippen LogP contribution in [-0.4, -0.2) is 75.3 Å². The molecule has 1 aromatic carbocycles. The van der Waals surface area contributed by atoms with Crippen molar-refractivity contribution in [1.82, 2.24) is 0 Å². The van der Waals surface area contributed by atoms with E-state index in [1.54, 1.807) is 0 Å². The van der Waals surface area contributed by atoms with E-state index in [2.05, 4.69) is 91.9 Å². The van der Waals surface area contributed by atoms with Crippen molar-refractivity contribution in [3.05, 3.63) is 35.9 Å². The molecule has 0 radical (unpaired) electrons. The lowest BCUT2D eigenvalue weighted by Crippen LogP contribution is -2.62. The molecule has 3 saturated heterocycles. The summed E-state index contributed by atoms with van der Waals surface area (Å²) in [6, 6.07) is 10.6. The summed E-state index contributed by atoms with van der Waals surface area (Å²) in [5.74, 6) is 0.575. The molecule has 0 bridgehead atoms. The van der Waals surface area contributed by atoms with Crippen LogP contribution in [0.25, 0.3) is 0 Å². The molecule has 3 heterocycles. The molecule has 336 valence electrons. The summed E-state index contributed by atoms with van der Waals surface area (Å²) in [7, 11) is -2.51. The molecule has 3 aliphatic heterocycles. The minimum Gasteiger partial charge on any atom is -0.432 e. The summed E-state index contributed by atoms with van der Waals surface area (Å²) in [4.78, 5) is 11.6. The van der Waals surface area contributed by atoms with Gasteiger partial charge in [-0.2, -0.15) is 0 Å². The molecule has 6 unspecified atom stereocenters. The highest BCUT2D eigenvalue weighted by Crippen LogP contribution is 2.49. The van der Waals surface area contributed by atoms with E-state index < -0.39 is 20.7 Å². The maximum Gasteiger partial charge on any atom is 0.188 e. The third-order valence-corrected chi connectivity index (χ3v) is 17.4. The van der Waals surface area contributed by atoms with Crippen LogP contribution in [0.5, 0.6) is 0 Å². The average Bonchev–Trinajstić information content (AvgIpc) is 3.50. The van der Waals surface area contributed by atoms with Crippen molar-refractivity contribution in [2.75, 3.05) is 19.8 Å². The first-order chi connectivity index (χ1) is 27.8. The van der Waals surface area contributed by atoms with Gasteiger partial charge < -0.3 is 33.2 Å². The van der Waals surface area contributed by atoms with Crippen LogP contribution in [0.15, 0.2) is 30.3 Å². The zero-order chi connectivity index (χ0) is 42.0. The van der Waals surface area contributed by atoms with Gasteiger partial charge >= 0.3 is 0 Å². The molecule has 3 aliphatic rings. The average molecular weight is 831 g/mol. The second-order valence-corrected chi connectivity index (χ2v) is 24.7. The first kappa shape index (κ1) is 49.8. The number of benzene rings is 1. The highest BCUT2D eigenvalue weighted by Gasteiger charge is 2.53. The van der Waals surface area contributed by atoms with Crippen molar-refractivity contribution in [2.24, 2.45) is 11.8 Å². The van der Waals surface area contributed by atoms with E-state index in [-0.39, 0.29) is 47.1 Å². The number of rotatable bonds is 29. The topological polar surface area (TPSA) is 75.6 Å². The minimum absolute atomic E-state index is 0.000362. The first-order valence-electron chi connectivity index (χ1n) is 24.4. The van der Waals surface area contributed by atoms with E-state index in [9.17, 15) is 4.80 Å². The second kappa shape index (κ2) is 25.3. The molecule has 4 rings (SSSR count). The Labute approximate surface area is 357 Å². The molecule has 9 atom stereocenters. The van der Waals surface area contributed by atoms with Gasteiger partial charge in [0.2, 0.25) is 0 Å². The van der Waals surface area contributed by atoms with Crippen molar-refractivity contribution in [2.45, 2.75) is 250 Å². The monoisotopic (exact) mass is 831 g/mol. The van der Waals surface area contributed by atoms with Crippen LogP contribution in [0.3, 0.4) is 0 Å². The molecule has 7 nitrogen and oxygen atoms in total. The van der Waals surface area contributed by atoms with Gasteiger partial charge in [0.05, 0.1) is 30.5 Å². The Balaban J connectivity index is 1.47. The summed E-state index contributed by atoms with van der Waals surface area (Å²) in [6.45, 7) is 21.7. The molecule has 1 aromatic rings. The van der Waals surface area contributed by atoms with E-state index in [0.29, 0.717) is 25.7 Å². The maximum absolute atomic E-state index is 11.6. The Morgan fingerprint density at radius 2 is 1.31 bits per heavy atom. The molecule has 0 aromatic heterocycles. The molecule has 0 aliphatic carbocycles. The third-order valence-electron chi connectivity index (χ3n) is 13.9. The first-order valence-corrected chi connectivity index (χ1v) is 27.4. The van der Waals surface area contributed by atoms with E-state index in [1.165, 1.54) is 89.0 Å². The number of hydrogen-bond acceptors (Lipinski definition) is 7. The van der Waals surface area contributed by atoms with Gasteiger partial charge in [-0.1, -0.05) is 155 Å². The van der Waals surface area contributed by atoms with Crippen LogP contribution in [0, 0.1) is 11.8 Å². The molecule has 8 heteroatoms. The molecule has 58 heavy (non-hydrogen) atoms. The fraction of sp³-hybridized carbons (Fsp3) is 0.880. The van der Waals surface area contributed by atoms with Gasteiger partial charge in [0, 0.05) is 19.1 Å². The molecule has 1 N–H and O–H groups in total. The van der Waals surface area contributed by atoms with Crippen LogP contribution in [0.1, 0.15) is 195 Å². The van der Waals surface area contributed by atoms with Crippen LogP contribution >= 0.6 is 0 Å². The van der Waals surface area contributed by atoms with Gasteiger partial charge in [0.15, 0.2) is 14.6 Å². The Hall–Kier alpha value is -0.843. The predicted molar refractivity (Wildman–Crippen MR) is 242 cm³/mol. The molecule has 0 saturated carbocycles. The number of hydrogen-bond donors (Lipinski definition) is 1. The van der Waals surface area contributed by atoms with Crippen LogP contribution in [-0.2, 0) is 28.4 Å². The minimum atomic E-state index is -2.51. The van der Waals surface area contributed by atoms with Crippen molar-refractivity contribution in [3.8, 4) is 0 Å².